The minimum absolute atomic E-state index is 0. The van der Waals surface area contributed by atoms with Gasteiger partial charge in [-0.25, -0.2) is 0 Å². The SMILES string of the molecule is CC1CCCCC1N=Cc1cccc(C(C)(C)C)c1O.CC1CCCCC1N=Cc1cccc(C(C)(C)C)c1O.[CH3-].[Zr]. The number of aromatic hydroxyl groups is 2. The molecule has 0 radical (unpaired) electrons. The maximum absolute atomic E-state index is 10.4. The van der Waals surface area contributed by atoms with Gasteiger partial charge in [-0.3, -0.25) is 9.98 Å². The molecule has 4 nitrogen and oxygen atoms in total. The Balaban J connectivity index is 0.000000401. The van der Waals surface area contributed by atoms with Crippen LogP contribution in [0.3, 0.4) is 0 Å². The molecule has 0 aromatic heterocycles. The van der Waals surface area contributed by atoms with Gasteiger partial charge >= 0.3 is 0 Å². The molecule has 2 aliphatic carbocycles. The first kappa shape index (κ1) is 38.3. The molecule has 4 atom stereocenters. The minimum Gasteiger partial charge on any atom is -0.507 e. The van der Waals surface area contributed by atoms with E-state index in [-0.39, 0.29) is 44.5 Å². The van der Waals surface area contributed by atoms with Crippen molar-refractivity contribution in [2.75, 3.05) is 0 Å². The number of phenols is 2. The third-order valence-electron chi connectivity index (χ3n) is 8.69. The van der Waals surface area contributed by atoms with E-state index in [0.29, 0.717) is 35.4 Å². The normalized spacial score (nSPS) is 23.0. The maximum Gasteiger partial charge on any atom is 0.128 e. The summed E-state index contributed by atoms with van der Waals surface area (Å²) in [4.78, 5) is 9.47. The molecule has 5 heteroatoms. The van der Waals surface area contributed by atoms with Crippen molar-refractivity contribution in [3.05, 3.63) is 66.1 Å². The van der Waals surface area contributed by atoms with Gasteiger partial charge in [0.25, 0.3) is 0 Å². The van der Waals surface area contributed by atoms with E-state index >= 15 is 0 Å². The number of nitrogens with zero attached hydrogens (tertiary/aromatic N) is 2. The van der Waals surface area contributed by atoms with Crippen molar-refractivity contribution in [1.29, 1.82) is 0 Å². The molecule has 2 saturated carbocycles. The van der Waals surface area contributed by atoms with Crippen LogP contribution >= 0.6 is 0 Å². The maximum atomic E-state index is 10.4. The molecule has 0 bridgehead atoms. The zero-order valence-corrected chi connectivity index (χ0v) is 30.3. The molecule has 0 spiro atoms. The predicted molar refractivity (Wildman–Crippen MR) is 178 cm³/mol. The summed E-state index contributed by atoms with van der Waals surface area (Å²) in [6, 6.07) is 12.7. The Kier molecular flexibility index (Phi) is 15.4. The molecule has 4 rings (SSSR count). The van der Waals surface area contributed by atoms with E-state index < -0.39 is 0 Å². The Morgan fingerprint density at radius 1 is 0.619 bits per heavy atom. The fourth-order valence-electron chi connectivity index (χ4n) is 5.93. The molecule has 42 heavy (non-hydrogen) atoms. The summed E-state index contributed by atoms with van der Waals surface area (Å²) >= 11 is 0. The fourth-order valence-corrected chi connectivity index (χ4v) is 5.93. The van der Waals surface area contributed by atoms with Gasteiger partial charge in [-0.05, 0) is 71.6 Å². The number of benzene rings is 2. The van der Waals surface area contributed by atoms with Gasteiger partial charge in [-0.1, -0.05) is 105 Å². The van der Waals surface area contributed by atoms with Gasteiger partial charge in [0.15, 0.2) is 0 Å². The molecule has 0 amide bonds. The van der Waals surface area contributed by atoms with Crippen molar-refractivity contribution in [3.63, 3.8) is 0 Å². The molecular formula is C37H57N2O2Zr-. The van der Waals surface area contributed by atoms with Crippen LogP contribution in [0.5, 0.6) is 11.5 Å². The largest absolute Gasteiger partial charge is 0.507 e. The van der Waals surface area contributed by atoms with Crippen LogP contribution in [0, 0.1) is 19.3 Å². The minimum atomic E-state index is -0.0495. The smallest absolute Gasteiger partial charge is 0.128 e. The first-order valence-electron chi connectivity index (χ1n) is 15.5. The molecular weight excluding hydrogens is 596 g/mol. The zero-order chi connectivity index (χ0) is 29.5. The predicted octanol–water partition coefficient (Wildman–Crippen LogP) is 9.82. The summed E-state index contributed by atoms with van der Waals surface area (Å²) in [5, 5.41) is 20.9. The van der Waals surface area contributed by atoms with Gasteiger partial charge in [0, 0.05) is 49.8 Å². The van der Waals surface area contributed by atoms with E-state index in [2.05, 4.69) is 55.4 Å². The van der Waals surface area contributed by atoms with Crippen LogP contribution in [0.2, 0.25) is 0 Å². The van der Waals surface area contributed by atoms with Gasteiger partial charge in [-0.15, -0.1) is 0 Å². The topological polar surface area (TPSA) is 65.2 Å². The summed E-state index contributed by atoms with van der Waals surface area (Å²) in [6.45, 7) is 17.3. The molecule has 2 aliphatic rings. The average molecular weight is 653 g/mol. The molecule has 2 N–H and O–H groups in total. The van der Waals surface area contributed by atoms with Crippen molar-refractivity contribution in [3.8, 4) is 11.5 Å². The number of rotatable bonds is 4. The molecule has 2 aromatic carbocycles. The second-order valence-electron chi connectivity index (χ2n) is 14.2. The van der Waals surface area contributed by atoms with Crippen LogP contribution in [-0.4, -0.2) is 34.7 Å². The van der Waals surface area contributed by atoms with E-state index in [0.717, 1.165) is 22.3 Å². The Bertz CT molecular complexity index is 1070. The van der Waals surface area contributed by atoms with E-state index in [1.165, 1.54) is 51.4 Å². The molecule has 0 aliphatic heterocycles. The van der Waals surface area contributed by atoms with E-state index in [1.54, 1.807) is 0 Å². The number of aliphatic imine (C=N–C) groups is 2. The average Bonchev–Trinajstić information content (AvgIpc) is 2.88. The van der Waals surface area contributed by atoms with E-state index in [1.807, 2.05) is 48.8 Å². The molecule has 232 valence electrons. The Labute approximate surface area is 276 Å². The standard InChI is InChI=1S/2C18H27NO.CH3.Zr/c2*1-13-8-5-6-11-16(13)19-12-14-9-7-10-15(17(14)20)18(2,3)4;;/h2*7,9-10,12-13,16,20H,5-6,8,11H2,1-4H3;1H3;/q;;-1;. The van der Waals surface area contributed by atoms with Crippen LogP contribution < -0.4 is 0 Å². The first-order chi connectivity index (χ1) is 18.8. The molecule has 4 unspecified atom stereocenters. The summed E-state index contributed by atoms with van der Waals surface area (Å²) in [6.07, 6.45) is 13.9. The second kappa shape index (κ2) is 16.9. The van der Waals surface area contributed by atoms with E-state index in [9.17, 15) is 10.2 Å². The van der Waals surface area contributed by atoms with Gasteiger partial charge in [0.1, 0.15) is 11.5 Å². The summed E-state index contributed by atoms with van der Waals surface area (Å²) in [7, 11) is 0. The fraction of sp³-hybridized carbons (Fsp3) is 0.595. The van der Waals surface area contributed by atoms with Gasteiger partial charge in [-0.2, -0.15) is 0 Å². The zero-order valence-electron chi connectivity index (χ0n) is 27.9. The number of para-hydroxylation sites is 2. The van der Waals surface area contributed by atoms with Crippen molar-refractivity contribution >= 4 is 12.4 Å². The Hall–Kier alpha value is -1.74. The number of phenolic OH excluding ortho intramolecular Hbond substituents is 2. The van der Waals surface area contributed by atoms with Crippen molar-refractivity contribution in [1.82, 2.24) is 0 Å². The molecule has 2 aromatic rings. The Morgan fingerprint density at radius 2 is 0.952 bits per heavy atom. The molecule has 0 saturated heterocycles. The van der Waals surface area contributed by atoms with Gasteiger partial charge in [0.05, 0.1) is 12.1 Å². The third kappa shape index (κ3) is 10.8. The van der Waals surface area contributed by atoms with Crippen LogP contribution in [-0.2, 0) is 37.0 Å². The summed E-state index contributed by atoms with van der Waals surface area (Å²) < 4.78 is 0. The summed E-state index contributed by atoms with van der Waals surface area (Å²) in [5.41, 5.74) is 3.56. The van der Waals surface area contributed by atoms with Crippen LogP contribution in [0.25, 0.3) is 0 Å². The van der Waals surface area contributed by atoms with Crippen LogP contribution in [0.1, 0.15) is 129 Å². The Morgan fingerprint density at radius 3 is 1.26 bits per heavy atom. The molecule has 0 heterocycles. The second-order valence-corrected chi connectivity index (χ2v) is 14.2. The van der Waals surface area contributed by atoms with Crippen molar-refractivity contribution in [2.24, 2.45) is 21.8 Å². The van der Waals surface area contributed by atoms with Crippen LogP contribution in [0.4, 0.5) is 0 Å². The molecule has 2 fully saturated rings. The van der Waals surface area contributed by atoms with Gasteiger partial charge < -0.3 is 17.6 Å². The number of hydrogen-bond donors (Lipinski definition) is 2. The number of hydrogen-bond acceptors (Lipinski definition) is 4. The van der Waals surface area contributed by atoms with Gasteiger partial charge in [0.2, 0.25) is 0 Å². The quantitative estimate of drug-likeness (QED) is 0.255. The van der Waals surface area contributed by atoms with Crippen molar-refractivity contribution < 1.29 is 36.4 Å². The first-order valence-corrected chi connectivity index (χ1v) is 15.5. The monoisotopic (exact) mass is 651 g/mol. The van der Waals surface area contributed by atoms with E-state index in [4.69, 9.17) is 9.98 Å². The third-order valence-corrected chi connectivity index (χ3v) is 8.69. The summed E-state index contributed by atoms with van der Waals surface area (Å²) in [5.74, 6) is 2.08. The van der Waals surface area contributed by atoms with Crippen molar-refractivity contribution in [2.45, 2.75) is 130 Å². The van der Waals surface area contributed by atoms with Crippen LogP contribution in [0.15, 0.2) is 46.4 Å².